The maximum Gasteiger partial charge on any atom is 0.132 e. The van der Waals surface area contributed by atoms with E-state index in [1.807, 2.05) is 19.1 Å². The highest BCUT2D eigenvalue weighted by Crippen LogP contribution is 2.15. The summed E-state index contributed by atoms with van der Waals surface area (Å²) in [5.74, 6) is 1.36. The summed E-state index contributed by atoms with van der Waals surface area (Å²) in [7, 11) is 0. The number of nitrogens with one attached hydrogen (secondary N) is 1. The van der Waals surface area contributed by atoms with Crippen LogP contribution in [0.25, 0.3) is 11.1 Å². The summed E-state index contributed by atoms with van der Waals surface area (Å²) < 4.78 is 0. The van der Waals surface area contributed by atoms with Crippen molar-refractivity contribution >= 4 is 34.3 Å². The molecule has 2 aromatic rings. The molecule has 0 fully saturated rings. The van der Waals surface area contributed by atoms with Crippen LogP contribution in [0.2, 0.25) is 0 Å². The van der Waals surface area contributed by atoms with Gasteiger partial charge in [0.25, 0.3) is 0 Å². The second-order valence-electron chi connectivity index (χ2n) is 4.85. The second kappa shape index (κ2) is 5.55. The number of fused-ring (bicyclic) bond motifs is 1. The lowest BCUT2D eigenvalue weighted by atomic mass is 10.1. The Morgan fingerprint density at radius 2 is 1.95 bits per heavy atom. The molecular weight excluding hydrogens is 284 g/mol. The molecule has 0 aliphatic heterocycles. The number of rotatable bonds is 2. The summed E-state index contributed by atoms with van der Waals surface area (Å²) in [6.07, 6.45) is 3.93. The molecule has 0 spiro atoms. The van der Waals surface area contributed by atoms with Gasteiger partial charge in [0.05, 0.1) is 16.6 Å². The highest BCUT2D eigenvalue weighted by atomic mass is 35.5. The van der Waals surface area contributed by atoms with Crippen LogP contribution in [0.15, 0.2) is 24.3 Å². The first-order valence-electron chi connectivity index (χ1n) is 6.68. The fourth-order valence-corrected chi connectivity index (χ4v) is 2.53. The number of hydrogen-bond acceptors (Lipinski definition) is 4. The average molecular weight is 297 g/mol. The van der Waals surface area contributed by atoms with Gasteiger partial charge in [-0.25, -0.2) is 9.97 Å². The molecule has 0 saturated carbocycles. The quantitative estimate of drug-likeness (QED) is 0.924. The van der Waals surface area contributed by atoms with Crippen molar-refractivity contribution in [1.29, 1.82) is 5.26 Å². The zero-order valence-electron chi connectivity index (χ0n) is 11.5. The van der Waals surface area contributed by atoms with Gasteiger partial charge in [-0.05, 0) is 49.2 Å². The lowest BCUT2D eigenvalue weighted by Crippen LogP contribution is -2.32. The molecule has 1 aliphatic rings. The van der Waals surface area contributed by atoms with Crippen molar-refractivity contribution in [2.24, 2.45) is 0 Å². The first-order valence-corrected chi connectivity index (χ1v) is 7.06. The van der Waals surface area contributed by atoms with Crippen LogP contribution in [0.5, 0.6) is 0 Å². The summed E-state index contributed by atoms with van der Waals surface area (Å²) in [5, 5.41) is 14.8. The Bertz CT molecular complexity index is 865. The smallest absolute Gasteiger partial charge is 0.132 e. The molecule has 0 bridgehead atoms. The Morgan fingerprint density at radius 3 is 2.71 bits per heavy atom. The predicted octanol–water partition coefficient (Wildman–Crippen LogP) is 2.32. The molecule has 4 nitrogen and oxygen atoms in total. The third kappa shape index (κ3) is 2.74. The number of pyridine rings is 2. The van der Waals surface area contributed by atoms with Crippen molar-refractivity contribution in [2.75, 3.05) is 5.32 Å². The predicted molar refractivity (Wildman–Crippen MR) is 83.4 cm³/mol. The van der Waals surface area contributed by atoms with E-state index in [-0.39, 0.29) is 0 Å². The van der Waals surface area contributed by atoms with Crippen molar-refractivity contribution < 1.29 is 0 Å². The monoisotopic (exact) mass is 296 g/mol. The van der Waals surface area contributed by atoms with Crippen LogP contribution < -0.4 is 15.9 Å². The lowest BCUT2D eigenvalue weighted by molar-refractivity contribution is 1.06. The van der Waals surface area contributed by atoms with Gasteiger partial charge in [0.2, 0.25) is 0 Å². The molecular formula is C16H13ClN4. The van der Waals surface area contributed by atoms with E-state index in [0.29, 0.717) is 22.9 Å². The van der Waals surface area contributed by atoms with E-state index in [1.54, 1.807) is 12.1 Å². The van der Waals surface area contributed by atoms with Crippen LogP contribution in [-0.2, 0) is 0 Å². The number of aryl methyl sites for hydroxylation is 1. The number of nitrogens with zero attached hydrogens (tertiary/aromatic N) is 3. The molecule has 1 aliphatic carbocycles. The second-order valence-corrected chi connectivity index (χ2v) is 5.30. The first-order chi connectivity index (χ1) is 10.2. The number of halogens is 1. The van der Waals surface area contributed by atoms with Gasteiger partial charge in [-0.15, -0.1) is 0 Å². The Morgan fingerprint density at radius 1 is 1.19 bits per heavy atom. The molecule has 0 aromatic carbocycles. The third-order valence-electron chi connectivity index (χ3n) is 3.37. The summed E-state index contributed by atoms with van der Waals surface area (Å²) in [4.78, 5) is 8.89. The number of nitriles is 1. The molecule has 0 atom stereocenters. The van der Waals surface area contributed by atoms with Gasteiger partial charge in [-0.3, -0.25) is 0 Å². The zero-order chi connectivity index (χ0) is 14.8. The van der Waals surface area contributed by atoms with E-state index < -0.39 is 0 Å². The molecule has 0 saturated heterocycles. The fourth-order valence-electron chi connectivity index (χ4n) is 2.27. The van der Waals surface area contributed by atoms with Crippen LogP contribution in [0.3, 0.4) is 0 Å². The molecule has 3 rings (SSSR count). The standard InChI is InChI=1S/C16H13ClN4/c1-10-12(9-18)6-8-14(19-10)20-15-7-5-11-3-2-4-13(17)16(11)21-15/h3,5-8H,2,4H2,1H3,(H,19,20,21). The molecule has 2 heterocycles. The normalized spacial score (nSPS) is 13.1. The van der Waals surface area contributed by atoms with E-state index in [9.17, 15) is 0 Å². The largest absolute Gasteiger partial charge is 0.325 e. The number of aromatic nitrogens is 2. The van der Waals surface area contributed by atoms with Crippen LogP contribution in [0.1, 0.15) is 24.1 Å². The van der Waals surface area contributed by atoms with Gasteiger partial charge in [0.15, 0.2) is 0 Å². The number of anilines is 2. The van der Waals surface area contributed by atoms with Crippen molar-refractivity contribution in [3.63, 3.8) is 0 Å². The minimum absolute atomic E-state index is 0.574. The molecule has 0 radical (unpaired) electrons. The summed E-state index contributed by atoms with van der Waals surface area (Å²) >= 11 is 6.24. The maximum absolute atomic E-state index is 8.92. The van der Waals surface area contributed by atoms with Gasteiger partial charge in [-0.2, -0.15) is 5.26 Å². The maximum atomic E-state index is 8.92. The van der Waals surface area contributed by atoms with E-state index in [0.717, 1.165) is 28.4 Å². The van der Waals surface area contributed by atoms with E-state index in [4.69, 9.17) is 16.9 Å². The van der Waals surface area contributed by atoms with Gasteiger partial charge >= 0.3 is 0 Å². The fraction of sp³-hybridized carbons (Fsp3) is 0.188. The van der Waals surface area contributed by atoms with E-state index in [2.05, 4.69) is 27.4 Å². The number of hydrogen-bond donors (Lipinski definition) is 1. The lowest BCUT2D eigenvalue weighted by Gasteiger charge is -2.08. The van der Waals surface area contributed by atoms with Crippen LogP contribution >= 0.6 is 11.6 Å². The molecule has 0 amide bonds. The van der Waals surface area contributed by atoms with Crippen molar-refractivity contribution in [3.8, 4) is 6.07 Å². The highest BCUT2D eigenvalue weighted by molar-refractivity contribution is 6.45. The van der Waals surface area contributed by atoms with Crippen LogP contribution in [0, 0.1) is 18.3 Å². The Hall–Kier alpha value is -2.38. The average Bonchev–Trinajstić information content (AvgIpc) is 2.48. The molecule has 2 aromatic heterocycles. The first kappa shape index (κ1) is 13.6. The van der Waals surface area contributed by atoms with E-state index in [1.165, 1.54) is 0 Å². The van der Waals surface area contributed by atoms with Gasteiger partial charge < -0.3 is 5.32 Å². The third-order valence-corrected chi connectivity index (χ3v) is 3.74. The minimum Gasteiger partial charge on any atom is -0.325 e. The Labute approximate surface area is 127 Å². The molecule has 21 heavy (non-hydrogen) atoms. The van der Waals surface area contributed by atoms with Crippen molar-refractivity contribution in [1.82, 2.24) is 9.97 Å². The van der Waals surface area contributed by atoms with Crippen LogP contribution in [0.4, 0.5) is 11.6 Å². The summed E-state index contributed by atoms with van der Waals surface area (Å²) in [5.41, 5.74) is 1.27. The molecule has 1 N–H and O–H groups in total. The minimum atomic E-state index is 0.574. The van der Waals surface area contributed by atoms with Gasteiger partial charge in [0.1, 0.15) is 17.7 Å². The van der Waals surface area contributed by atoms with Gasteiger partial charge in [-0.1, -0.05) is 17.7 Å². The van der Waals surface area contributed by atoms with Gasteiger partial charge in [0, 0.05) is 5.03 Å². The SMILES string of the molecule is Cc1nc(Nc2ccc3c(n2)=C(Cl)CCC=3)ccc1C#N. The Balaban J connectivity index is 1.97. The zero-order valence-corrected chi connectivity index (χ0v) is 12.3. The molecule has 5 heteroatoms. The van der Waals surface area contributed by atoms with Crippen molar-refractivity contribution in [3.05, 3.63) is 46.1 Å². The summed E-state index contributed by atoms with van der Waals surface area (Å²) in [6, 6.07) is 9.52. The topological polar surface area (TPSA) is 61.6 Å². The Kier molecular flexibility index (Phi) is 3.59. The van der Waals surface area contributed by atoms with Crippen molar-refractivity contribution in [2.45, 2.75) is 19.8 Å². The highest BCUT2D eigenvalue weighted by Gasteiger charge is 2.06. The molecule has 0 unspecified atom stereocenters. The van der Waals surface area contributed by atoms with Crippen LogP contribution in [-0.4, -0.2) is 9.97 Å². The summed E-state index contributed by atoms with van der Waals surface area (Å²) in [6.45, 7) is 1.81. The molecule has 104 valence electrons. The van der Waals surface area contributed by atoms with E-state index >= 15 is 0 Å².